The molecule has 0 saturated heterocycles. The summed E-state index contributed by atoms with van der Waals surface area (Å²) in [5.74, 6) is 2.11. The number of rotatable bonds is 15. The molecule has 4 rings (SSSR count). The van der Waals surface area contributed by atoms with E-state index in [1.807, 2.05) is 66.7 Å². The monoisotopic (exact) mass is 545 g/mol. The van der Waals surface area contributed by atoms with Crippen LogP contribution in [0.1, 0.15) is 70.8 Å². The summed E-state index contributed by atoms with van der Waals surface area (Å²) < 4.78 is 5.91. The predicted molar refractivity (Wildman–Crippen MR) is 161 cm³/mol. The van der Waals surface area contributed by atoms with E-state index in [2.05, 4.69) is 13.8 Å². The Balaban J connectivity index is 1.23. The number of carbonyl (C=O) groups is 2. The third-order valence-electron chi connectivity index (χ3n) is 8.88. The fraction of sp³-hybridized carbons (Fsp3) is 0.543. The zero-order valence-electron chi connectivity index (χ0n) is 24.3. The maximum absolute atomic E-state index is 13.2. The van der Waals surface area contributed by atoms with Crippen molar-refractivity contribution in [2.75, 3.05) is 18.1 Å². The first-order chi connectivity index (χ1) is 19.4. The van der Waals surface area contributed by atoms with Crippen molar-refractivity contribution in [1.82, 2.24) is 0 Å². The maximum atomic E-state index is 13.2. The fourth-order valence-electron chi connectivity index (χ4n) is 6.75. The van der Waals surface area contributed by atoms with Crippen LogP contribution in [0.3, 0.4) is 0 Å². The molecule has 2 aromatic rings. The molecule has 1 N–H and O–H groups in total. The lowest BCUT2D eigenvalue weighted by Crippen LogP contribution is -2.33. The number of allylic oxidation sites excluding steroid dienone is 1. The van der Waals surface area contributed by atoms with E-state index < -0.39 is 0 Å². The number of ether oxygens (including phenoxy) is 1. The highest BCUT2D eigenvalue weighted by atomic mass is 16.5. The topological polar surface area (TPSA) is 66.8 Å². The van der Waals surface area contributed by atoms with E-state index in [0.29, 0.717) is 43.2 Å². The molecule has 2 fully saturated rings. The second kappa shape index (κ2) is 15.3. The van der Waals surface area contributed by atoms with Gasteiger partial charge in [0.05, 0.1) is 12.6 Å². The van der Waals surface area contributed by atoms with E-state index in [4.69, 9.17) is 4.74 Å². The highest BCUT2D eigenvalue weighted by Crippen LogP contribution is 2.51. The summed E-state index contributed by atoms with van der Waals surface area (Å²) in [6, 6.07) is 19.8. The summed E-state index contributed by atoms with van der Waals surface area (Å²) in [5.41, 5.74) is 1.95. The zero-order chi connectivity index (χ0) is 28.3. The van der Waals surface area contributed by atoms with E-state index in [1.165, 1.54) is 6.42 Å². The fourth-order valence-corrected chi connectivity index (χ4v) is 6.75. The molecule has 40 heavy (non-hydrogen) atoms. The molecule has 2 aliphatic carbocycles. The van der Waals surface area contributed by atoms with Gasteiger partial charge in [0, 0.05) is 24.6 Å². The summed E-state index contributed by atoms with van der Waals surface area (Å²) >= 11 is 0. The van der Waals surface area contributed by atoms with Crippen LogP contribution in [0.4, 0.5) is 5.69 Å². The van der Waals surface area contributed by atoms with Crippen LogP contribution in [0.15, 0.2) is 72.8 Å². The van der Waals surface area contributed by atoms with Gasteiger partial charge in [0.2, 0.25) is 0 Å². The maximum Gasteiger partial charge on any atom is 0.253 e. The van der Waals surface area contributed by atoms with Gasteiger partial charge in [0.25, 0.3) is 5.91 Å². The minimum absolute atomic E-state index is 0.0413. The largest absolute Gasteiger partial charge is 0.392 e. The Kier molecular flexibility index (Phi) is 11.6. The smallest absolute Gasteiger partial charge is 0.253 e. The average molecular weight is 546 g/mol. The van der Waals surface area contributed by atoms with Crippen molar-refractivity contribution in [3.8, 4) is 0 Å². The van der Waals surface area contributed by atoms with Crippen LogP contribution >= 0.6 is 0 Å². The van der Waals surface area contributed by atoms with E-state index in [1.54, 1.807) is 11.0 Å². The van der Waals surface area contributed by atoms with Gasteiger partial charge in [-0.2, -0.15) is 0 Å². The van der Waals surface area contributed by atoms with Crippen molar-refractivity contribution in [3.05, 3.63) is 78.4 Å². The standard InChI is InChI=1S/C35H47NO4/c1-3-4-11-26(2)20-31(37)16-17-32-33-22-28(21-29(33)23-34(32)38)18-19-40-25-35(39)36(30-14-9-6-10-15-30)24-27-12-7-5-8-13-27/h5-10,12-17,26,28-29,32-34,38H,3-4,11,18-25H2,1-2H3/t26?,28?,29-,32-,33+,34-/m0/s1. The second-order valence-corrected chi connectivity index (χ2v) is 12.1. The minimum Gasteiger partial charge on any atom is -0.392 e. The molecular weight excluding hydrogens is 498 g/mol. The minimum atomic E-state index is -0.347. The second-order valence-electron chi connectivity index (χ2n) is 12.1. The number of para-hydroxylation sites is 1. The number of hydrogen-bond donors (Lipinski definition) is 1. The molecule has 216 valence electrons. The first-order valence-electron chi connectivity index (χ1n) is 15.3. The van der Waals surface area contributed by atoms with Gasteiger partial charge < -0.3 is 14.7 Å². The number of nitrogens with zero attached hydrogens (tertiary/aromatic N) is 1. The van der Waals surface area contributed by atoms with Gasteiger partial charge in [-0.15, -0.1) is 0 Å². The van der Waals surface area contributed by atoms with E-state index in [-0.39, 0.29) is 30.3 Å². The lowest BCUT2D eigenvalue weighted by atomic mass is 9.89. The number of aliphatic hydroxyl groups is 1. The molecule has 0 radical (unpaired) electrons. The van der Waals surface area contributed by atoms with E-state index in [9.17, 15) is 14.7 Å². The first-order valence-corrected chi connectivity index (χ1v) is 15.3. The SMILES string of the molecule is CCCCC(C)CC(=O)C=C[C@H]1[C@@H]2CC(CCOCC(=O)N(Cc3ccccc3)c3ccccc3)C[C@H]2C[C@@H]1O. The van der Waals surface area contributed by atoms with E-state index in [0.717, 1.165) is 49.8 Å². The molecule has 0 bridgehead atoms. The van der Waals surface area contributed by atoms with Gasteiger partial charge in [0.15, 0.2) is 5.78 Å². The predicted octanol–water partition coefficient (Wildman–Crippen LogP) is 6.99. The lowest BCUT2D eigenvalue weighted by Gasteiger charge is -2.23. The molecule has 6 atom stereocenters. The Morgan fingerprint density at radius 3 is 2.50 bits per heavy atom. The summed E-state index contributed by atoms with van der Waals surface area (Å²) in [7, 11) is 0. The quantitative estimate of drug-likeness (QED) is 0.193. The third kappa shape index (κ3) is 8.62. The third-order valence-corrected chi connectivity index (χ3v) is 8.88. The molecule has 0 aliphatic heterocycles. The number of unbranched alkanes of at least 4 members (excludes halogenated alkanes) is 1. The summed E-state index contributed by atoms with van der Waals surface area (Å²) in [5, 5.41) is 10.7. The summed E-state index contributed by atoms with van der Waals surface area (Å²) in [6.45, 7) is 5.46. The Labute approximate surface area is 240 Å². The number of hydrogen-bond acceptors (Lipinski definition) is 4. The van der Waals surface area contributed by atoms with Crippen LogP contribution in [0, 0.1) is 29.6 Å². The van der Waals surface area contributed by atoms with Gasteiger partial charge in [-0.1, -0.05) is 87.7 Å². The zero-order valence-corrected chi connectivity index (χ0v) is 24.3. The van der Waals surface area contributed by atoms with Gasteiger partial charge in [-0.05, 0) is 73.1 Å². The molecule has 2 aliphatic rings. The van der Waals surface area contributed by atoms with Crippen LogP contribution in [0.2, 0.25) is 0 Å². The van der Waals surface area contributed by atoms with Crippen LogP contribution in [0.5, 0.6) is 0 Å². The summed E-state index contributed by atoms with van der Waals surface area (Å²) in [6.07, 6.45) is 11.3. The molecule has 2 saturated carbocycles. The first kappa shape index (κ1) is 30.2. The van der Waals surface area contributed by atoms with E-state index >= 15 is 0 Å². The average Bonchev–Trinajstić information content (AvgIpc) is 3.48. The van der Waals surface area contributed by atoms with Crippen molar-refractivity contribution in [3.63, 3.8) is 0 Å². The van der Waals surface area contributed by atoms with Crippen LogP contribution in [-0.2, 0) is 20.9 Å². The highest BCUT2D eigenvalue weighted by Gasteiger charge is 2.46. The normalized spacial score (nSPS) is 24.7. The van der Waals surface area contributed by atoms with Gasteiger partial charge in [-0.3, -0.25) is 9.59 Å². The number of benzene rings is 2. The van der Waals surface area contributed by atoms with Crippen molar-refractivity contribution in [2.45, 2.75) is 77.9 Å². The van der Waals surface area contributed by atoms with Crippen LogP contribution in [0.25, 0.3) is 0 Å². The van der Waals surface area contributed by atoms with Crippen molar-refractivity contribution >= 4 is 17.4 Å². The van der Waals surface area contributed by atoms with Crippen LogP contribution < -0.4 is 4.90 Å². The Hall–Kier alpha value is -2.76. The number of carbonyl (C=O) groups excluding carboxylic acids is 2. The van der Waals surface area contributed by atoms with Crippen molar-refractivity contribution < 1.29 is 19.4 Å². The number of fused-ring (bicyclic) bond motifs is 1. The number of anilines is 1. The molecule has 0 heterocycles. The number of ketones is 1. The molecule has 5 nitrogen and oxygen atoms in total. The Morgan fingerprint density at radius 2 is 1.77 bits per heavy atom. The van der Waals surface area contributed by atoms with Gasteiger partial charge in [0.1, 0.15) is 6.61 Å². The van der Waals surface area contributed by atoms with Gasteiger partial charge >= 0.3 is 0 Å². The highest BCUT2D eigenvalue weighted by molar-refractivity contribution is 5.94. The molecular formula is C35H47NO4. The molecule has 1 amide bonds. The van der Waals surface area contributed by atoms with Crippen molar-refractivity contribution in [2.24, 2.45) is 29.6 Å². The summed E-state index contributed by atoms with van der Waals surface area (Å²) in [4.78, 5) is 27.4. The molecule has 0 aromatic heterocycles. The lowest BCUT2D eigenvalue weighted by molar-refractivity contribution is -0.123. The van der Waals surface area contributed by atoms with Gasteiger partial charge in [-0.25, -0.2) is 0 Å². The number of amides is 1. The van der Waals surface area contributed by atoms with Crippen molar-refractivity contribution in [1.29, 1.82) is 0 Å². The number of aliphatic hydroxyl groups excluding tert-OH is 1. The molecule has 0 spiro atoms. The molecule has 2 unspecified atom stereocenters. The van der Waals surface area contributed by atoms with Crippen LogP contribution in [-0.4, -0.2) is 36.1 Å². The Morgan fingerprint density at radius 1 is 1.05 bits per heavy atom. The Bertz CT molecular complexity index is 1090. The molecule has 2 aromatic carbocycles. The molecule has 5 heteroatoms.